The van der Waals surface area contributed by atoms with Crippen molar-refractivity contribution >= 4 is 39.1 Å². The lowest BCUT2D eigenvalue weighted by molar-refractivity contribution is 0.00914. The molecule has 4 heterocycles. The van der Waals surface area contributed by atoms with Crippen LogP contribution in [-0.4, -0.2) is 37.4 Å². The second-order valence-corrected chi connectivity index (χ2v) is 11.1. The molecule has 0 radical (unpaired) electrons. The molecule has 5 rings (SSSR count). The zero-order chi connectivity index (χ0) is 23.3. The number of nitrogens with zero attached hydrogens (tertiary/aromatic N) is 4. The molecule has 4 aromatic rings. The van der Waals surface area contributed by atoms with Gasteiger partial charge in [0.15, 0.2) is 0 Å². The van der Waals surface area contributed by atoms with Crippen LogP contribution < -0.4 is 0 Å². The third-order valence-electron chi connectivity index (χ3n) is 5.71. The highest BCUT2D eigenvalue weighted by Crippen LogP contribution is 2.39. The van der Waals surface area contributed by atoms with E-state index < -0.39 is 5.60 Å². The summed E-state index contributed by atoms with van der Waals surface area (Å²) in [5.41, 5.74) is 4.38. The van der Waals surface area contributed by atoms with Crippen LogP contribution in [0.3, 0.4) is 0 Å². The van der Waals surface area contributed by atoms with Gasteiger partial charge in [0.1, 0.15) is 11.3 Å². The lowest BCUT2D eigenvalue weighted by atomic mass is 9.98. The summed E-state index contributed by atoms with van der Waals surface area (Å²) in [5.74, 6) is 0. The molecule has 0 saturated carbocycles. The molecule has 1 aliphatic rings. The van der Waals surface area contributed by atoms with Crippen LogP contribution in [-0.2, 0) is 17.8 Å². The van der Waals surface area contributed by atoms with Crippen LogP contribution in [0.15, 0.2) is 48.8 Å². The first kappa shape index (κ1) is 21.9. The Morgan fingerprint density at radius 3 is 2.64 bits per heavy atom. The summed E-state index contributed by atoms with van der Waals surface area (Å²) >= 11 is 7.80. The topological polar surface area (TPSA) is 60.2 Å². The molecule has 0 unspecified atom stereocenters. The maximum absolute atomic E-state index is 13.0. The number of aromatic nitrogens is 3. The van der Waals surface area contributed by atoms with Crippen LogP contribution in [0.1, 0.15) is 33.4 Å². The van der Waals surface area contributed by atoms with Crippen molar-refractivity contribution in [3.8, 4) is 22.4 Å². The van der Waals surface area contributed by atoms with Crippen LogP contribution in [0, 0.1) is 0 Å². The molecule has 0 saturated heterocycles. The number of hydrogen-bond donors (Lipinski definition) is 0. The average molecular weight is 481 g/mol. The molecule has 170 valence electrons. The average Bonchev–Trinajstić information content (AvgIpc) is 3.30. The van der Waals surface area contributed by atoms with Gasteiger partial charge in [-0.3, -0.25) is 14.6 Å². The number of rotatable bonds is 2. The number of amides is 1. The second-order valence-electron chi connectivity index (χ2n) is 9.35. The molecule has 0 bridgehead atoms. The minimum Gasteiger partial charge on any atom is -0.444 e. The molecule has 33 heavy (non-hydrogen) atoms. The fourth-order valence-corrected chi connectivity index (χ4v) is 5.40. The van der Waals surface area contributed by atoms with Gasteiger partial charge in [-0.1, -0.05) is 23.7 Å². The van der Waals surface area contributed by atoms with Gasteiger partial charge in [0, 0.05) is 28.2 Å². The number of thiophene rings is 1. The molecule has 0 fully saturated rings. The predicted octanol–water partition coefficient (Wildman–Crippen LogP) is 6.62. The van der Waals surface area contributed by atoms with Crippen molar-refractivity contribution in [2.24, 2.45) is 0 Å². The Morgan fingerprint density at radius 2 is 1.91 bits per heavy atom. The van der Waals surface area contributed by atoms with Crippen molar-refractivity contribution in [3.05, 3.63) is 58.8 Å². The molecule has 6 nitrogen and oxygen atoms in total. The normalized spacial score (nSPS) is 16.2. The van der Waals surface area contributed by atoms with E-state index in [9.17, 15) is 4.79 Å². The van der Waals surface area contributed by atoms with Crippen molar-refractivity contribution in [1.82, 2.24) is 19.7 Å². The SMILES string of the molecule is C[C@@H]1Cn2nc(-c3ccc4cc(Cl)sc4c3)c(-c3ccncc3)c2CN1C(=O)OC(C)(C)C. The van der Waals surface area contributed by atoms with Crippen LogP contribution in [0.4, 0.5) is 4.79 Å². The fourth-order valence-electron chi connectivity index (χ4n) is 4.21. The largest absolute Gasteiger partial charge is 0.444 e. The van der Waals surface area contributed by atoms with Crippen molar-refractivity contribution in [2.45, 2.75) is 52.4 Å². The number of carbonyl (C=O) groups excluding carboxylic acids is 1. The molecule has 0 spiro atoms. The monoisotopic (exact) mass is 480 g/mol. The first-order valence-electron chi connectivity index (χ1n) is 10.9. The van der Waals surface area contributed by atoms with Crippen LogP contribution in [0.2, 0.25) is 4.34 Å². The molecule has 3 aromatic heterocycles. The Labute approximate surface area is 201 Å². The van der Waals surface area contributed by atoms with Gasteiger partial charge in [0.2, 0.25) is 0 Å². The Balaban J connectivity index is 1.63. The summed E-state index contributed by atoms with van der Waals surface area (Å²) in [5, 5.41) is 6.14. The standard InChI is InChI=1S/C25H25ClN4O2S/c1-15-13-30-19(14-29(15)24(31)32-25(2,3)4)22(16-7-9-27-10-8-16)23(28-30)18-6-5-17-12-21(26)33-20(17)11-18/h5-12,15H,13-14H2,1-4H3/t15-/m1/s1. The first-order chi connectivity index (χ1) is 15.7. The Morgan fingerprint density at radius 1 is 1.15 bits per heavy atom. The van der Waals surface area contributed by atoms with Gasteiger partial charge < -0.3 is 4.74 Å². The maximum Gasteiger partial charge on any atom is 0.410 e. The maximum atomic E-state index is 13.0. The molecule has 1 amide bonds. The number of carbonyl (C=O) groups is 1. The van der Waals surface area contributed by atoms with Gasteiger partial charge in [-0.15, -0.1) is 11.3 Å². The molecule has 1 aliphatic heterocycles. The summed E-state index contributed by atoms with van der Waals surface area (Å²) in [6.45, 7) is 8.71. The lowest BCUT2D eigenvalue weighted by Gasteiger charge is -2.35. The van der Waals surface area contributed by atoms with E-state index in [2.05, 4.69) is 23.2 Å². The highest BCUT2D eigenvalue weighted by atomic mass is 35.5. The zero-order valence-corrected chi connectivity index (χ0v) is 20.6. The molecule has 8 heteroatoms. The van der Waals surface area contributed by atoms with E-state index in [1.54, 1.807) is 28.6 Å². The second kappa shape index (κ2) is 8.15. The molecule has 1 atom stereocenters. The van der Waals surface area contributed by atoms with Crippen LogP contribution >= 0.6 is 22.9 Å². The van der Waals surface area contributed by atoms with Crippen molar-refractivity contribution in [2.75, 3.05) is 0 Å². The van der Waals surface area contributed by atoms with Crippen LogP contribution in [0.25, 0.3) is 32.5 Å². The molecule has 0 aliphatic carbocycles. The minimum absolute atomic E-state index is 0.0380. The highest BCUT2D eigenvalue weighted by Gasteiger charge is 2.34. The van der Waals surface area contributed by atoms with E-state index in [1.165, 1.54) is 0 Å². The Bertz CT molecular complexity index is 1340. The van der Waals surface area contributed by atoms with E-state index in [4.69, 9.17) is 21.4 Å². The van der Waals surface area contributed by atoms with Gasteiger partial charge in [-0.2, -0.15) is 5.10 Å². The first-order valence-corrected chi connectivity index (χ1v) is 12.1. The van der Waals surface area contributed by atoms with Crippen molar-refractivity contribution in [3.63, 3.8) is 0 Å². The van der Waals surface area contributed by atoms with E-state index in [-0.39, 0.29) is 12.1 Å². The van der Waals surface area contributed by atoms with Gasteiger partial charge in [0.05, 0.1) is 29.2 Å². The Hall–Kier alpha value is -2.90. The third kappa shape index (κ3) is 4.23. The number of hydrogen-bond acceptors (Lipinski definition) is 5. The third-order valence-corrected chi connectivity index (χ3v) is 6.93. The lowest BCUT2D eigenvalue weighted by Crippen LogP contribution is -2.47. The number of pyridine rings is 1. The fraction of sp³-hybridized carbons (Fsp3) is 0.320. The molecule has 0 N–H and O–H groups in total. The van der Waals surface area contributed by atoms with E-state index in [0.29, 0.717) is 13.1 Å². The van der Waals surface area contributed by atoms with Gasteiger partial charge >= 0.3 is 6.09 Å². The smallest absolute Gasteiger partial charge is 0.410 e. The number of halogens is 1. The zero-order valence-electron chi connectivity index (χ0n) is 19.0. The summed E-state index contributed by atoms with van der Waals surface area (Å²) in [4.78, 5) is 18.9. The highest BCUT2D eigenvalue weighted by molar-refractivity contribution is 7.22. The number of benzene rings is 1. The predicted molar refractivity (Wildman–Crippen MR) is 133 cm³/mol. The number of fused-ring (bicyclic) bond motifs is 2. The van der Waals surface area contributed by atoms with Gasteiger partial charge in [-0.05, 0) is 62.9 Å². The summed E-state index contributed by atoms with van der Waals surface area (Å²) in [6.07, 6.45) is 3.25. The molecular formula is C25H25ClN4O2S. The van der Waals surface area contributed by atoms with Crippen molar-refractivity contribution < 1.29 is 9.53 Å². The summed E-state index contributed by atoms with van der Waals surface area (Å²) < 4.78 is 9.60. The minimum atomic E-state index is -0.551. The summed E-state index contributed by atoms with van der Waals surface area (Å²) in [7, 11) is 0. The number of ether oxygens (including phenoxy) is 1. The van der Waals surface area contributed by atoms with Gasteiger partial charge in [-0.25, -0.2) is 4.79 Å². The molecule has 1 aromatic carbocycles. The Kier molecular flexibility index (Phi) is 5.41. The van der Waals surface area contributed by atoms with E-state index in [1.807, 2.05) is 50.6 Å². The van der Waals surface area contributed by atoms with E-state index in [0.717, 1.165) is 42.5 Å². The summed E-state index contributed by atoms with van der Waals surface area (Å²) in [6, 6.07) is 12.2. The van der Waals surface area contributed by atoms with Crippen LogP contribution in [0.5, 0.6) is 0 Å². The quantitative estimate of drug-likeness (QED) is 0.323. The van der Waals surface area contributed by atoms with Crippen molar-refractivity contribution in [1.29, 1.82) is 0 Å². The molecular weight excluding hydrogens is 456 g/mol. The van der Waals surface area contributed by atoms with E-state index >= 15 is 0 Å². The van der Waals surface area contributed by atoms with Gasteiger partial charge in [0.25, 0.3) is 0 Å².